The minimum atomic E-state index is -1.16. The van der Waals surface area contributed by atoms with Crippen LogP contribution in [0.1, 0.15) is 54.9 Å². The molecule has 0 saturated carbocycles. The first-order valence-electron chi connectivity index (χ1n) is 11.9. The number of carbonyl (C=O) groups excluding carboxylic acids is 2. The van der Waals surface area contributed by atoms with Gasteiger partial charge in [0.25, 0.3) is 5.91 Å². The largest absolute Gasteiger partial charge is 0.480 e. The molecule has 0 radical (unpaired) electrons. The second-order valence-electron chi connectivity index (χ2n) is 8.86. The third kappa shape index (κ3) is 7.32. The molecule has 0 bridgehead atoms. The number of rotatable bonds is 14. The number of aliphatic carboxylic acids is 1. The smallest absolute Gasteiger partial charge is 0.326 e. The molecule has 36 heavy (non-hydrogen) atoms. The zero-order valence-electron chi connectivity index (χ0n) is 20.3. The Morgan fingerprint density at radius 1 is 1.06 bits per heavy atom. The van der Waals surface area contributed by atoms with Gasteiger partial charge in [-0.1, -0.05) is 48.9 Å². The number of carbonyl (C=O) groups is 3. The Balaban J connectivity index is 1.54. The van der Waals surface area contributed by atoms with Gasteiger partial charge in [0.05, 0.1) is 11.5 Å². The molecule has 2 aromatic rings. The van der Waals surface area contributed by atoms with E-state index in [2.05, 4.69) is 10.3 Å². The summed E-state index contributed by atoms with van der Waals surface area (Å²) < 4.78 is 5.44. The number of nitrogens with one attached hydrogen (secondary N) is 2. The third-order valence-electron chi connectivity index (χ3n) is 6.05. The van der Waals surface area contributed by atoms with E-state index in [1.54, 1.807) is 18.2 Å². The van der Waals surface area contributed by atoms with Crippen molar-refractivity contribution in [3.8, 4) is 0 Å². The highest BCUT2D eigenvalue weighted by Gasteiger charge is 2.33. The Bertz CT molecular complexity index is 1140. The normalized spacial score (nSPS) is 15.0. The van der Waals surface area contributed by atoms with Crippen LogP contribution >= 0.6 is 0 Å². The number of carboxylic acids is 1. The summed E-state index contributed by atoms with van der Waals surface area (Å²) in [6, 6.07) is 13.3. The predicted molar refractivity (Wildman–Crippen MR) is 137 cm³/mol. The van der Waals surface area contributed by atoms with Gasteiger partial charge in [-0.05, 0) is 30.0 Å². The van der Waals surface area contributed by atoms with Crippen LogP contribution in [0.25, 0.3) is 0 Å². The van der Waals surface area contributed by atoms with Crippen molar-refractivity contribution in [1.82, 2.24) is 5.32 Å². The summed E-state index contributed by atoms with van der Waals surface area (Å²) in [6.07, 6.45) is 3.21. The molecule has 9 nitrogen and oxygen atoms in total. The minimum absolute atomic E-state index is 0.0866. The molecule has 1 aliphatic heterocycles. The highest BCUT2D eigenvalue weighted by atomic mass is 16.5. The second-order valence-corrected chi connectivity index (χ2v) is 8.86. The van der Waals surface area contributed by atoms with Crippen LogP contribution in [0.3, 0.4) is 0 Å². The number of methoxy groups -OCH3 is 1. The van der Waals surface area contributed by atoms with E-state index in [9.17, 15) is 19.5 Å². The van der Waals surface area contributed by atoms with Crippen LogP contribution in [0, 0.1) is 5.41 Å². The SMILES string of the molecule is COC1C(C(=O)N[C@@H](Cc2ccc(CC(=O)CCCCCC(=N)N)cc2)C(=O)O)=Nc2ccccc21. The average Bonchev–Trinajstić information content (AvgIpc) is 3.23. The second kappa shape index (κ2) is 12.7. The summed E-state index contributed by atoms with van der Waals surface area (Å²) in [5.41, 5.74) is 8.42. The number of amides is 1. The maximum Gasteiger partial charge on any atom is 0.326 e. The predicted octanol–water partition coefficient (Wildman–Crippen LogP) is 3.27. The van der Waals surface area contributed by atoms with Crippen LogP contribution in [0.15, 0.2) is 53.5 Å². The van der Waals surface area contributed by atoms with Gasteiger partial charge in [-0.2, -0.15) is 0 Å². The average molecular weight is 493 g/mol. The van der Waals surface area contributed by atoms with Gasteiger partial charge in [0.2, 0.25) is 0 Å². The van der Waals surface area contributed by atoms with Crippen LogP contribution in [-0.4, -0.2) is 47.5 Å². The minimum Gasteiger partial charge on any atom is -0.480 e. The van der Waals surface area contributed by atoms with Gasteiger partial charge in [0, 0.05) is 38.4 Å². The fraction of sp³-hybridized carbons (Fsp3) is 0.370. The molecule has 1 aliphatic rings. The summed E-state index contributed by atoms with van der Waals surface area (Å²) >= 11 is 0. The first-order chi connectivity index (χ1) is 17.3. The Morgan fingerprint density at radius 3 is 2.39 bits per heavy atom. The molecular formula is C27H32N4O5. The fourth-order valence-corrected chi connectivity index (χ4v) is 4.15. The molecule has 2 atom stereocenters. The first kappa shape index (κ1) is 26.7. The van der Waals surface area contributed by atoms with Crippen LogP contribution in [0.5, 0.6) is 0 Å². The zero-order valence-corrected chi connectivity index (χ0v) is 20.3. The number of amidine groups is 1. The van der Waals surface area contributed by atoms with Crippen molar-refractivity contribution in [1.29, 1.82) is 5.41 Å². The number of aliphatic imine (C=N–C) groups is 1. The summed E-state index contributed by atoms with van der Waals surface area (Å²) in [6.45, 7) is 0. The zero-order chi connectivity index (χ0) is 26.1. The van der Waals surface area contributed by atoms with E-state index in [0.717, 1.165) is 36.0 Å². The fourth-order valence-electron chi connectivity index (χ4n) is 4.15. The van der Waals surface area contributed by atoms with Crippen molar-refractivity contribution >= 4 is 34.9 Å². The Hall–Kier alpha value is -3.85. The number of unbranched alkanes of at least 4 members (excludes halogenated alkanes) is 2. The van der Waals surface area contributed by atoms with E-state index >= 15 is 0 Å². The first-order valence-corrected chi connectivity index (χ1v) is 11.9. The Kier molecular flexibility index (Phi) is 9.46. The van der Waals surface area contributed by atoms with Crippen molar-refractivity contribution in [2.45, 2.75) is 57.1 Å². The number of ketones is 1. The van der Waals surface area contributed by atoms with Gasteiger partial charge in [-0.15, -0.1) is 0 Å². The van der Waals surface area contributed by atoms with Crippen LogP contribution < -0.4 is 11.1 Å². The number of benzene rings is 2. The number of Topliss-reactive ketones (excluding diaryl/α,β-unsaturated/α-hetero) is 1. The highest BCUT2D eigenvalue weighted by molar-refractivity contribution is 6.42. The molecule has 1 unspecified atom stereocenters. The van der Waals surface area contributed by atoms with E-state index in [-0.39, 0.29) is 23.8 Å². The van der Waals surface area contributed by atoms with E-state index < -0.39 is 24.0 Å². The molecule has 2 aromatic carbocycles. The van der Waals surface area contributed by atoms with Crippen LogP contribution in [0.2, 0.25) is 0 Å². The van der Waals surface area contributed by atoms with Gasteiger partial charge in [-0.3, -0.25) is 15.0 Å². The van der Waals surface area contributed by atoms with Gasteiger partial charge < -0.3 is 20.9 Å². The number of fused-ring (bicyclic) bond motifs is 1. The number of ether oxygens (including phenoxy) is 1. The topological polar surface area (TPSA) is 155 Å². The van der Waals surface area contributed by atoms with Crippen molar-refractivity contribution in [3.63, 3.8) is 0 Å². The molecule has 9 heteroatoms. The lowest BCUT2D eigenvalue weighted by Crippen LogP contribution is -2.46. The van der Waals surface area contributed by atoms with Gasteiger partial charge in [0.15, 0.2) is 0 Å². The molecule has 0 aromatic heterocycles. The number of hydrogen-bond donors (Lipinski definition) is 4. The lowest BCUT2D eigenvalue weighted by molar-refractivity contribution is -0.141. The Labute approximate surface area is 210 Å². The molecule has 0 saturated heterocycles. The quantitative estimate of drug-likeness (QED) is 0.180. The number of hydrogen-bond acceptors (Lipinski definition) is 6. The number of para-hydroxylation sites is 1. The van der Waals surface area contributed by atoms with Crippen LogP contribution in [-0.2, 0) is 32.0 Å². The standard InChI is InChI=1S/C27H32N4O5/c1-36-25-20-8-5-6-9-21(20)30-24(25)26(33)31-22(27(34)35)16-18-13-11-17(12-14-18)15-19(32)7-3-2-4-10-23(28)29/h5-6,8-9,11-14,22,25H,2-4,7,10,15-16H2,1H3,(H3,28,29)(H,31,33)(H,34,35)/t22-,25?/m0/s1. The molecule has 5 N–H and O–H groups in total. The van der Waals surface area contributed by atoms with Crippen molar-refractivity contribution in [2.75, 3.05) is 7.11 Å². The highest BCUT2D eigenvalue weighted by Crippen LogP contribution is 2.35. The molecule has 0 spiro atoms. The summed E-state index contributed by atoms with van der Waals surface area (Å²) in [4.78, 5) is 41.3. The van der Waals surface area contributed by atoms with Crippen LogP contribution in [0.4, 0.5) is 5.69 Å². The van der Waals surface area contributed by atoms with Crippen molar-refractivity contribution in [2.24, 2.45) is 10.7 Å². The molecule has 0 aliphatic carbocycles. The summed E-state index contributed by atoms with van der Waals surface area (Å²) in [5.74, 6) is -1.44. The van der Waals surface area contributed by atoms with E-state index in [1.807, 2.05) is 30.3 Å². The number of carboxylic acid groups (broad SMARTS) is 1. The van der Waals surface area contributed by atoms with E-state index in [4.69, 9.17) is 15.9 Å². The molecule has 190 valence electrons. The number of nitrogens with zero attached hydrogens (tertiary/aromatic N) is 1. The van der Waals surface area contributed by atoms with Crippen molar-refractivity contribution < 1.29 is 24.2 Å². The maximum absolute atomic E-state index is 12.9. The Morgan fingerprint density at radius 2 is 1.72 bits per heavy atom. The lowest BCUT2D eigenvalue weighted by atomic mass is 10.00. The third-order valence-corrected chi connectivity index (χ3v) is 6.05. The summed E-state index contributed by atoms with van der Waals surface area (Å²) in [7, 11) is 1.48. The van der Waals surface area contributed by atoms with Crippen molar-refractivity contribution in [3.05, 3.63) is 65.2 Å². The van der Waals surface area contributed by atoms with Gasteiger partial charge in [0.1, 0.15) is 23.6 Å². The molecule has 0 fully saturated rings. The number of nitrogens with two attached hydrogens (primary N) is 1. The monoisotopic (exact) mass is 492 g/mol. The lowest BCUT2D eigenvalue weighted by Gasteiger charge is -2.17. The summed E-state index contributed by atoms with van der Waals surface area (Å²) in [5, 5.41) is 19.5. The molecule has 3 rings (SSSR count). The molecule has 1 heterocycles. The van der Waals surface area contributed by atoms with Gasteiger partial charge >= 0.3 is 5.97 Å². The van der Waals surface area contributed by atoms with E-state index in [1.165, 1.54) is 7.11 Å². The van der Waals surface area contributed by atoms with E-state index in [0.29, 0.717) is 24.9 Å². The molecule has 1 amide bonds. The maximum atomic E-state index is 12.9. The van der Waals surface area contributed by atoms with Gasteiger partial charge in [-0.25, -0.2) is 9.79 Å². The molecular weight excluding hydrogens is 460 g/mol.